The van der Waals surface area contributed by atoms with Crippen molar-refractivity contribution in [3.8, 4) is 5.75 Å². The van der Waals surface area contributed by atoms with E-state index < -0.39 is 11.9 Å². The van der Waals surface area contributed by atoms with Gasteiger partial charge in [-0.2, -0.15) is 0 Å². The molecule has 0 aliphatic heterocycles. The fourth-order valence-corrected chi connectivity index (χ4v) is 0.957. The standard InChI is InChI=1S/C10H12N2O3/c1-7-2-4-8(5-3-7)15-6-9(13)12-10(11)14/h2-5H,6H2,1H3,(H3,11,12,13,14). The number of hydrogen-bond donors (Lipinski definition) is 2. The summed E-state index contributed by atoms with van der Waals surface area (Å²) in [5, 5.41) is 1.90. The monoisotopic (exact) mass is 208 g/mol. The lowest BCUT2D eigenvalue weighted by molar-refractivity contribution is -0.121. The molecule has 0 unspecified atom stereocenters. The van der Waals surface area contributed by atoms with E-state index in [0.29, 0.717) is 5.75 Å². The van der Waals surface area contributed by atoms with E-state index in [1.807, 2.05) is 24.4 Å². The SMILES string of the molecule is Cc1ccc(OCC(=O)NC(N)=O)cc1. The average Bonchev–Trinajstić information content (AvgIpc) is 2.16. The van der Waals surface area contributed by atoms with Gasteiger partial charge in [-0.05, 0) is 19.1 Å². The lowest BCUT2D eigenvalue weighted by atomic mass is 10.2. The summed E-state index contributed by atoms with van der Waals surface area (Å²) < 4.78 is 5.10. The maximum Gasteiger partial charge on any atom is 0.318 e. The number of nitrogens with two attached hydrogens (primary N) is 1. The van der Waals surface area contributed by atoms with Gasteiger partial charge in [0.05, 0.1) is 0 Å². The summed E-state index contributed by atoms with van der Waals surface area (Å²) >= 11 is 0. The van der Waals surface area contributed by atoms with E-state index in [4.69, 9.17) is 10.5 Å². The molecule has 0 fully saturated rings. The lowest BCUT2D eigenvalue weighted by Gasteiger charge is -2.05. The van der Waals surface area contributed by atoms with Crippen molar-refractivity contribution in [1.82, 2.24) is 5.32 Å². The van der Waals surface area contributed by atoms with Crippen LogP contribution < -0.4 is 15.8 Å². The molecule has 0 radical (unpaired) electrons. The van der Waals surface area contributed by atoms with E-state index in [1.165, 1.54) is 0 Å². The molecule has 0 aliphatic carbocycles. The van der Waals surface area contributed by atoms with Crippen molar-refractivity contribution >= 4 is 11.9 Å². The number of aryl methyl sites for hydroxylation is 1. The van der Waals surface area contributed by atoms with Crippen LogP contribution in [0.5, 0.6) is 5.75 Å². The van der Waals surface area contributed by atoms with Crippen molar-refractivity contribution < 1.29 is 14.3 Å². The molecule has 15 heavy (non-hydrogen) atoms. The minimum atomic E-state index is -0.882. The number of ether oxygens (including phenoxy) is 1. The second kappa shape index (κ2) is 4.99. The predicted octanol–water partition coefficient (Wildman–Crippen LogP) is 0.569. The van der Waals surface area contributed by atoms with Gasteiger partial charge in [0.25, 0.3) is 5.91 Å². The second-order valence-electron chi connectivity index (χ2n) is 3.01. The fraction of sp³-hybridized carbons (Fsp3) is 0.200. The molecular weight excluding hydrogens is 196 g/mol. The Morgan fingerprint density at radius 2 is 1.93 bits per heavy atom. The number of benzene rings is 1. The Bertz CT molecular complexity index is 359. The van der Waals surface area contributed by atoms with Crippen LogP contribution in [0, 0.1) is 6.92 Å². The molecule has 0 atom stereocenters. The van der Waals surface area contributed by atoms with Gasteiger partial charge in [-0.1, -0.05) is 17.7 Å². The molecule has 0 bridgehead atoms. The molecule has 3 N–H and O–H groups in total. The van der Waals surface area contributed by atoms with Crippen LogP contribution >= 0.6 is 0 Å². The van der Waals surface area contributed by atoms with E-state index >= 15 is 0 Å². The molecule has 0 aromatic heterocycles. The number of amides is 3. The van der Waals surface area contributed by atoms with Crippen LogP contribution in [0.4, 0.5) is 4.79 Å². The Balaban J connectivity index is 2.40. The molecule has 0 spiro atoms. The molecule has 1 rings (SSSR count). The van der Waals surface area contributed by atoms with Crippen LogP contribution in [-0.4, -0.2) is 18.5 Å². The first-order valence-electron chi connectivity index (χ1n) is 4.36. The summed E-state index contributed by atoms with van der Waals surface area (Å²) in [5.41, 5.74) is 5.86. The third kappa shape index (κ3) is 4.12. The van der Waals surface area contributed by atoms with Crippen LogP contribution in [0.25, 0.3) is 0 Å². The highest BCUT2D eigenvalue weighted by Gasteiger charge is 2.04. The van der Waals surface area contributed by atoms with Gasteiger partial charge < -0.3 is 10.5 Å². The largest absolute Gasteiger partial charge is 0.484 e. The molecule has 0 aliphatic rings. The highest BCUT2D eigenvalue weighted by Crippen LogP contribution is 2.10. The summed E-state index contributed by atoms with van der Waals surface area (Å²) in [6, 6.07) is 6.33. The van der Waals surface area contributed by atoms with Crippen LogP contribution in [-0.2, 0) is 4.79 Å². The smallest absolute Gasteiger partial charge is 0.318 e. The highest BCUT2D eigenvalue weighted by molar-refractivity contribution is 5.94. The minimum absolute atomic E-state index is 0.230. The van der Waals surface area contributed by atoms with Crippen molar-refractivity contribution in [1.29, 1.82) is 0 Å². The van der Waals surface area contributed by atoms with Gasteiger partial charge in [-0.3, -0.25) is 10.1 Å². The summed E-state index contributed by atoms with van der Waals surface area (Å²) in [7, 11) is 0. The molecule has 80 valence electrons. The Hall–Kier alpha value is -2.04. The van der Waals surface area contributed by atoms with Gasteiger partial charge in [0, 0.05) is 0 Å². The zero-order valence-electron chi connectivity index (χ0n) is 8.32. The Morgan fingerprint density at radius 3 is 2.47 bits per heavy atom. The second-order valence-corrected chi connectivity index (χ2v) is 3.01. The maximum absolute atomic E-state index is 11.0. The number of primary amides is 1. The molecule has 0 heterocycles. The third-order valence-electron chi connectivity index (χ3n) is 1.65. The fourth-order valence-electron chi connectivity index (χ4n) is 0.957. The van der Waals surface area contributed by atoms with Gasteiger partial charge >= 0.3 is 6.03 Å². The Morgan fingerprint density at radius 1 is 1.33 bits per heavy atom. The topological polar surface area (TPSA) is 81.4 Å². The van der Waals surface area contributed by atoms with Gasteiger partial charge in [0.1, 0.15) is 5.75 Å². The Kier molecular flexibility index (Phi) is 3.68. The first-order chi connectivity index (χ1) is 7.08. The normalized spacial score (nSPS) is 9.40. The quantitative estimate of drug-likeness (QED) is 0.761. The number of hydrogen-bond acceptors (Lipinski definition) is 3. The summed E-state index contributed by atoms with van der Waals surface area (Å²) in [4.78, 5) is 21.3. The van der Waals surface area contributed by atoms with Crippen LogP contribution in [0.2, 0.25) is 0 Å². The van der Waals surface area contributed by atoms with Crippen LogP contribution in [0.3, 0.4) is 0 Å². The van der Waals surface area contributed by atoms with E-state index in [-0.39, 0.29) is 6.61 Å². The summed E-state index contributed by atoms with van der Waals surface area (Å²) in [6.45, 7) is 1.72. The first kappa shape index (κ1) is 11.0. The zero-order valence-corrected chi connectivity index (χ0v) is 8.32. The van der Waals surface area contributed by atoms with Crippen molar-refractivity contribution in [3.05, 3.63) is 29.8 Å². The third-order valence-corrected chi connectivity index (χ3v) is 1.65. The van der Waals surface area contributed by atoms with Gasteiger partial charge in [0.15, 0.2) is 6.61 Å². The van der Waals surface area contributed by atoms with Gasteiger partial charge in [-0.15, -0.1) is 0 Å². The number of carbonyl (C=O) groups is 2. The summed E-state index contributed by atoms with van der Waals surface area (Å²) in [5.74, 6) is 0.00305. The number of rotatable bonds is 3. The highest BCUT2D eigenvalue weighted by atomic mass is 16.5. The lowest BCUT2D eigenvalue weighted by Crippen LogP contribution is -2.38. The number of imide groups is 1. The first-order valence-corrected chi connectivity index (χ1v) is 4.36. The number of urea groups is 1. The van der Waals surface area contributed by atoms with Crippen molar-refractivity contribution in [2.24, 2.45) is 5.73 Å². The average molecular weight is 208 g/mol. The van der Waals surface area contributed by atoms with Crippen molar-refractivity contribution in [3.63, 3.8) is 0 Å². The molecule has 0 saturated carbocycles. The Labute approximate surface area is 87.2 Å². The number of carbonyl (C=O) groups excluding carboxylic acids is 2. The molecule has 1 aromatic carbocycles. The van der Waals surface area contributed by atoms with Crippen LogP contribution in [0.15, 0.2) is 24.3 Å². The van der Waals surface area contributed by atoms with E-state index in [9.17, 15) is 9.59 Å². The van der Waals surface area contributed by atoms with Gasteiger partial charge in [-0.25, -0.2) is 4.79 Å². The molecular formula is C10H12N2O3. The molecule has 3 amide bonds. The van der Waals surface area contributed by atoms with E-state index in [0.717, 1.165) is 5.56 Å². The summed E-state index contributed by atoms with van der Waals surface area (Å²) in [6.07, 6.45) is 0. The minimum Gasteiger partial charge on any atom is -0.484 e. The molecule has 5 heteroatoms. The van der Waals surface area contributed by atoms with Crippen molar-refractivity contribution in [2.45, 2.75) is 6.92 Å². The zero-order chi connectivity index (χ0) is 11.3. The predicted molar refractivity (Wildman–Crippen MR) is 54.4 cm³/mol. The van der Waals surface area contributed by atoms with Crippen LogP contribution in [0.1, 0.15) is 5.56 Å². The molecule has 5 nitrogen and oxygen atoms in total. The van der Waals surface area contributed by atoms with E-state index in [1.54, 1.807) is 12.1 Å². The molecule has 0 saturated heterocycles. The molecule has 1 aromatic rings. The van der Waals surface area contributed by atoms with Gasteiger partial charge in [0.2, 0.25) is 0 Å². The number of nitrogens with one attached hydrogen (secondary N) is 1. The maximum atomic E-state index is 11.0. The van der Waals surface area contributed by atoms with Crippen molar-refractivity contribution in [2.75, 3.05) is 6.61 Å². The van der Waals surface area contributed by atoms with E-state index in [2.05, 4.69) is 0 Å².